The van der Waals surface area contributed by atoms with Crippen LogP contribution in [0.1, 0.15) is 32.8 Å². The van der Waals surface area contributed by atoms with E-state index in [0.29, 0.717) is 19.5 Å². The minimum Gasteiger partial charge on any atom is -0.391 e. The molecule has 0 fully saturated rings. The van der Waals surface area contributed by atoms with Gasteiger partial charge < -0.3 is 14.9 Å². The summed E-state index contributed by atoms with van der Waals surface area (Å²) in [4.78, 5) is 16.9. The minimum absolute atomic E-state index is 0.0657. The number of hydrogen-bond donors (Lipinski definition) is 1. The molecule has 140 valence electrons. The van der Waals surface area contributed by atoms with E-state index in [1.54, 1.807) is 0 Å². The molecular weight excluding hydrogens is 324 g/mol. The van der Waals surface area contributed by atoms with Crippen molar-refractivity contribution in [1.82, 2.24) is 4.90 Å². The van der Waals surface area contributed by atoms with Gasteiger partial charge in [-0.2, -0.15) is 0 Å². The third kappa shape index (κ3) is 5.88. The summed E-state index contributed by atoms with van der Waals surface area (Å²) in [5, 5.41) is 10.1. The lowest BCUT2D eigenvalue weighted by Gasteiger charge is -2.32. The van der Waals surface area contributed by atoms with Gasteiger partial charge in [0.2, 0.25) is 5.91 Å². The third-order valence-electron chi connectivity index (χ3n) is 4.49. The van der Waals surface area contributed by atoms with Gasteiger partial charge in [-0.1, -0.05) is 55.5 Å². The van der Waals surface area contributed by atoms with Gasteiger partial charge in [0.05, 0.1) is 12.6 Å². The molecule has 2 rings (SSSR count). The maximum atomic E-state index is 13.0. The molecule has 1 unspecified atom stereocenters. The molecule has 1 amide bonds. The first-order valence-electron chi connectivity index (χ1n) is 9.32. The van der Waals surface area contributed by atoms with Gasteiger partial charge in [-0.05, 0) is 38.0 Å². The third-order valence-corrected chi connectivity index (χ3v) is 4.49. The lowest BCUT2D eigenvalue weighted by molar-refractivity contribution is -0.132. The molecule has 1 atom stereocenters. The number of aliphatic hydroxyl groups excluding tert-OH is 1. The van der Waals surface area contributed by atoms with Crippen LogP contribution < -0.4 is 4.90 Å². The summed E-state index contributed by atoms with van der Waals surface area (Å²) in [6, 6.07) is 20.0. The molecule has 0 aliphatic rings. The lowest BCUT2D eigenvalue weighted by atomic mass is 10.1. The minimum atomic E-state index is -0.454. The Morgan fingerprint density at radius 2 is 1.58 bits per heavy atom. The first-order chi connectivity index (χ1) is 12.5. The number of nitrogens with zero attached hydrogens (tertiary/aromatic N) is 2. The van der Waals surface area contributed by atoms with Crippen LogP contribution in [0.2, 0.25) is 0 Å². The highest BCUT2D eigenvalue weighted by atomic mass is 16.3. The summed E-state index contributed by atoms with van der Waals surface area (Å²) < 4.78 is 0. The van der Waals surface area contributed by atoms with Gasteiger partial charge >= 0.3 is 0 Å². The summed E-state index contributed by atoms with van der Waals surface area (Å²) in [6.07, 6.45) is 0.208. The Labute approximate surface area is 157 Å². The van der Waals surface area contributed by atoms with Gasteiger partial charge in [0.1, 0.15) is 0 Å². The Morgan fingerprint density at radius 1 is 1.00 bits per heavy atom. The molecular formula is C22H30N2O2. The molecule has 0 spiro atoms. The fraction of sp³-hybridized carbons (Fsp3) is 0.409. The molecule has 0 aromatic heterocycles. The largest absolute Gasteiger partial charge is 0.391 e. The van der Waals surface area contributed by atoms with Gasteiger partial charge in [-0.25, -0.2) is 0 Å². The Balaban J connectivity index is 2.14. The summed E-state index contributed by atoms with van der Waals surface area (Å²) in [5.41, 5.74) is 2.08. The number of carbonyl (C=O) groups excluding carboxylic acids is 1. The first kappa shape index (κ1) is 20.0. The van der Waals surface area contributed by atoms with Crippen LogP contribution in [0.4, 0.5) is 5.69 Å². The first-order valence-corrected chi connectivity index (χ1v) is 9.32. The summed E-state index contributed by atoms with van der Waals surface area (Å²) in [7, 11) is 0. The highest BCUT2D eigenvalue weighted by Gasteiger charge is 2.21. The molecule has 0 radical (unpaired) electrons. The standard InChI is InChI=1S/C22H30N2O2/c1-4-21(25)16-23(20-13-9-6-10-14-20)17-22(26)24(18(2)3)15-19-11-7-5-8-12-19/h5-14,18,21,25H,4,15-17H2,1-3H3. The number of carbonyl (C=O) groups is 1. The highest BCUT2D eigenvalue weighted by Crippen LogP contribution is 2.16. The average molecular weight is 354 g/mol. The van der Waals surface area contributed by atoms with Crippen molar-refractivity contribution in [3.8, 4) is 0 Å². The van der Waals surface area contributed by atoms with E-state index in [2.05, 4.69) is 0 Å². The van der Waals surface area contributed by atoms with Crippen LogP contribution in [-0.2, 0) is 11.3 Å². The van der Waals surface area contributed by atoms with E-state index in [0.717, 1.165) is 11.3 Å². The molecule has 1 N–H and O–H groups in total. The number of hydrogen-bond acceptors (Lipinski definition) is 3. The van der Waals surface area contributed by atoms with Crippen molar-refractivity contribution < 1.29 is 9.90 Å². The Bertz CT molecular complexity index is 658. The second-order valence-corrected chi connectivity index (χ2v) is 6.88. The van der Waals surface area contributed by atoms with Crippen molar-refractivity contribution in [3.63, 3.8) is 0 Å². The number of benzene rings is 2. The maximum Gasteiger partial charge on any atom is 0.242 e. The molecule has 2 aromatic carbocycles. The SMILES string of the molecule is CCC(O)CN(CC(=O)N(Cc1ccccc1)C(C)C)c1ccccc1. The van der Waals surface area contributed by atoms with Crippen molar-refractivity contribution in [2.45, 2.75) is 45.9 Å². The molecule has 26 heavy (non-hydrogen) atoms. The number of rotatable bonds is 9. The van der Waals surface area contributed by atoms with Gasteiger partial charge in [0.15, 0.2) is 0 Å². The van der Waals surface area contributed by atoms with Crippen LogP contribution in [-0.4, -0.2) is 41.1 Å². The van der Waals surface area contributed by atoms with E-state index in [1.807, 2.05) is 91.2 Å². The molecule has 0 bridgehead atoms. The molecule has 0 saturated carbocycles. The van der Waals surface area contributed by atoms with Crippen LogP contribution in [0.5, 0.6) is 0 Å². The zero-order valence-electron chi connectivity index (χ0n) is 16.0. The van der Waals surface area contributed by atoms with Gasteiger partial charge in [-0.15, -0.1) is 0 Å². The Hall–Kier alpha value is -2.33. The molecule has 0 aliphatic heterocycles. The van der Waals surface area contributed by atoms with Crippen LogP contribution in [0.15, 0.2) is 60.7 Å². The van der Waals surface area contributed by atoms with Gasteiger partial charge in [-0.3, -0.25) is 4.79 Å². The van der Waals surface area contributed by atoms with Crippen LogP contribution in [0, 0.1) is 0 Å². The monoisotopic (exact) mass is 354 g/mol. The van der Waals surface area contributed by atoms with Gasteiger partial charge in [0, 0.05) is 24.8 Å². The Kier molecular flexibility index (Phi) is 7.67. The smallest absolute Gasteiger partial charge is 0.242 e. The molecule has 0 heterocycles. The van der Waals surface area contributed by atoms with Crippen LogP contribution in [0.3, 0.4) is 0 Å². The fourth-order valence-electron chi connectivity index (χ4n) is 2.88. The summed E-state index contributed by atoms with van der Waals surface area (Å²) >= 11 is 0. The van der Waals surface area contributed by atoms with E-state index in [9.17, 15) is 9.90 Å². The van der Waals surface area contributed by atoms with Crippen LogP contribution >= 0.6 is 0 Å². The van der Waals surface area contributed by atoms with E-state index in [4.69, 9.17) is 0 Å². The van der Waals surface area contributed by atoms with Crippen molar-refractivity contribution >= 4 is 11.6 Å². The zero-order valence-corrected chi connectivity index (χ0v) is 16.0. The molecule has 4 heteroatoms. The van der Waals surface area contributed by atoms with E-state index >= 15 is 0 Å². The summed E-state index contributed by atoms with van der Waals surface area (Å²) in [6.45, 7) is 7.32. The predicted octanol–water partition coefficient (Wildman–Crippen LogP) is 3.70. The number of aliphatic hydroxyl groups is 1. The number of anilines is 1. The maximum absolute atomic E-state index is 13.0. The lowest BCUT2D eigenvalue weighted by Crippen LogP contribution is -2.45. The highest BCUT2D eigenvalue weighted by molar-refractivity contribution is 5.81. The van der Waals surface area contributed by atoms with Crippen molar-refractivity contribution in [2.75, 3.05) is 18.0 Å². The number of amides is 1. The van der Waals surface area contributed by atoms with Crippen molar-refractivity contribution in [1.29, 1.82) is 0 Å². The van der Waals surface area contributed by atoms with Crippen LogP contribution in [0.25, 0.3) is 0 Å². The topological polar surface area (TPSA) is 43.8 Å². The van der Waals surface area contributed by atoms with Crippen molar-refractivity contribution in [2.24, 2.45) is 0 Å². The van der Waals surface area contributed by atoms with Gasteiger partial charge in [0.25, 0.3) is 0 Å². The molecule has 0 saturated heterocycles. The second kappa shape index (κ2) is 9.97. The molecule has 0 aliphatic carbocycles. The Morgan fingerprint density at radius 3 is 2.12 bits per heavy atom. The van der Waals surface area contributed by atoms with Crippen molar-refractivity contribution in [3.05, 3.63) is 66.2 Å². The molecule has 2 aromatic rings. The number of para-hydroxylation sites is 1. The summed E-state index contributed by atoms with van der Waals surface area (Å²) in [5.74, 6) is 0.0657. The second-order valence-electron chi connectivity index (χ2n) is 6.88. The fourth-order valence-corrected chi connectivity index (χ4v) is 2.88. The normalized spacial score (nSPS) is 12.0. The van der Waals surface area contributed by atoms with E-state index < -0.39 is 6.10 Å². The predicted molar refractivity (Wildman–Crippen MR) is 107 cm³/mol. The van der Waals surface area contributed by atoms with E-state index in [-0.39, 0.29) is 18.5 Å². The van der Waals surface area contributed by atoms with E-state index in [1.165, 1.54) is 0 Å². The average Bonchev–Trinajstić information content (AvgIpc) is 2.66. The molecule has 4 nitrogen and oxygen atoms in total. The quantitative estimate of drug-likeness (QED) is 0.747. The zero-order chi connectivity index (χ0) is 18.9.